The summed E-state index contributed by atoms with van der Waals surface area (Å²) in [6, 6.07) is 7.46. The molecule has 0 aliphatic carbocycles. The molecule has 21 heavy (non-hydrogen) atoms. The molecule has 2 unspecified atom stereocenters. The fraction of sp³-hybridized carbons (Fsp3) is 0.562. The number of rotatable bonds is 2. The summed E-state index contributed by atoms with van der Waals surface area (Å²) in [5.74, 6) is 0.0633. The molecule has 1 aromatic carbocycles. The first-order valence-corrected chi connectivity index (χ1v) is 9.39. The molecule has 2 saturated heterocycles. The highest BCUT2D eigenvalue weighted by molar-refractivity contribution is 14.1. The SMILES string of the molecule is CN1C2CCCC1CC(NC(=O)c1cc(Br)ccc1I)C2. The molecule has 2 aliphatic heterocycles. The maximum Gasteiger partial charge on any atom is 0.252 e. The number of amides is 1. The second-order valence-corrected chi connectivity index (χ2v) is 8.25. The number of carbonyl (C=O) groups excluding carboxylic acids is 1. The van der Waals surface area contributed by atoms with E-state index in [2.05, 4.69) is 55.8 Å². The van der Waals surface area contributed by atoms with Crippen molar-refractivity contribution in [3.63, 3.8) is 0 Å². The van der Waals surface area contributed by atoms with Gasteiger partial charge < -0.3 is 10.2 Å². The van der Waals surface area contributed by atoms with E-state index in [1.165, 1.54) is 19.3 Å². The summed E-state index contributed by atoms with van der Waals surface area (Å²) in [6.07, 6.45) is 6.05. The molecular weight excluding hydrogens is 443 g/mol. The molecule has 2 atom stereocenters. The van der Waals surface area contributed by atoms with E-state index >= 15 is 0 Å². The average Bonchev–Trinajstić information content (AvgIpc) is 2.42. The van der Waals surface area contributed by atoms with Gasteiger partial charge in [-0.3, -0.25) is 4.79 Å². The Hall–Kier alpha value is -0.140. The van der Waals surface area contributed by atoms with Gasteiger partial charge in [-0.05, 0) is 73.5 Å². The maximum absolute atomic E-state index is 12.5. The molecule has 3 rings (SSSR count). The summed E-state index contributed by atoms with van der Waals surface area (Å²) < 4.78 is 1.95. The van der Waals surface area contributed by atoms with Crippen LogP contribution in [0.4, 0.5) is 0 Å². The maximum atomic E-state index is 12.5. The van der Waals surface area contributed by atoms with Gasteiger partial charge in [-0.1, -0.05) is 22.4 Å². The van der Waals surface area contributed by atoms with Crippen molar-refractivity contribution in [2.45, 2.75) is 50.2 Å². The summed E-state index contributed by atoms with van der Waals surface area (Å²) in [6.45, 7) is 0. The molecule has 0 radical (unpaired) electrons. The van der Waals surface area contributed by atoms with Crippen molar-refractivity contribution in [2.75, 3.05) is 7.05 Å². The van der Waals surface area contributed by atoms with E-state index < -0.39 is 0 Å². The highest BCUT2D eigenvalue weighted by Gasteiger charge is 2.36. The Balaban J connectivity index is 1.69. The number of nitrogens with one attached hydrogen (secondary N) is 1. The van der Waals surface area contributed by atoms with Gasteiger partial charge in [0.15, 0.2) is 0 Å². The van der Waals surface area contributed by atoms with Crippen LogP contribution in [0.3, 0.4) is 0 Å². The lowest BCUT2D eigenvalue weighted by molar-refractivity contribution is 0.0463. The van der Waals surface area contributed by atoms with Gasteiger partial charge in [0.25, 0.3) is 5.91 Å². The third-order valence-electron chi connectivity index (χ3n) is 4.85. The average molecular weight is 463 g/mol. The van der Waals surface area contributed by atoms with Crippen LogP contribution in [0, 0.1) is 3.57 Å². The lowest BCUT2D eigenvalue weighted by Gasteiger charge is -2.47. The van der Waals surface area contributed by atoms with Gasteiger partial charge in [0.1, 0.15) is 0 Å². The predicted molar refractivity (Wildman–Crippen MR) is 96.5 cm³/mol. The third kappa shape index (κ3) is 3.45. The summed E-state index contributed by atoms with van der Waals surface area (Å²) in [4.78, 5) is 15.1. The second kappa shape index (κ2) is 6.54. The van der Waals surface area contributed by atoms with Crippen molar-refractivity contribution >= 4 is 44.4 Å². The zero-order chi connectivity index (χ0) is 15.0. The molecule has 1 aromatic rings. The van der Waals surface area contributed by atoms with Crippen molar-refractivity contribution in [1.82, 2.24) is 10.2 Å². The van der Waals surface area contributed by atoms with Crippen LogP contribution in [0.1, 0.15) is 42.5 Å². The normalized spacial score (nSPS) is 29.2. The van der Waals surface area contributed by atoms with Gasteiger partial charge >= 0.3 is 0 Å². The van der Waals surface area contributed by atoms with E-state index in [-0.39, 0.29) is 5.91 Å². The fourth-order valence-corrected chi connectivity index (χ4v) is 4.61. The van der Waals surface area contributed by atoms with Gasteiger partial charge in [-0.2, -0.15) is 0 Å². The summed E-state index contributed by atoms with van der Waals surface area (Å²) in [5.41, 5.74) is 0.772. The van der Waals surface area contributed by atoms with Gasteiger partial charge in [0.05, 0.1) is 5.56 Å². The molecule has 2 fully saturated rings. The lowest BCUT2D eigenvalue weighted by Crippen LogP contribution is -2.55. The van der Waals surface area contributed by atoms with E-state index in [0.717, 1.165) is 26.4 Å². The molecule has 2 heterocycles. The van der Waals surface area contributed by atoms with Crippen LogP contribution in [0.5, 0.6) is 0 Å². The zero-order valence-electron chi connectivity index (χ0n) is 12.1. The van der Waals surface area contributed by atoms with Crippen LogP contribution < -0.4 is 5.32 Å². The first-order chi connectivity index (χ1) is 10.0. The number of benzene rings is 1. The first kappa shape index (κ1) is 15.7. The molecule has 1 N–H and O–H groups in total. The van der Waals surface area contributed by atoms with Crippen molar-refractivity contribution in [1.29, 1.82) is 0 Å². The van der Waals surface area contributed by atoms with E-state index in [1.807, 2.05) is 18.2 Å². The Labute approximate surface area is 148 Å². The van der Waals surface area contributed by atoms with Crippen molar-refractivity contribution in [2.24, 2.45) is 0 Å². The Morgan fingerprint density at radius 3 is 2.67 bits per heavy atom. The van der Waals surface area contributed by atoms with Crippen LogP contribution >= 0.6 is 38.5 Å². The minimum absolute atomic E-state index is 0.0633. The van der Waals surface area contributed by atoms with Crippen LogP contribution in [-0.2, 0) is 0 Å². The summed E-state index contributed by atoms with van der Waals surface area (Å²) in [7, 11) is 2.24. The molecule has 1 amide bonds. The molecule has 0 saturated carbocycles. The van der Waals surface area contributed by atoms with Crippen molar-refractivity contribution in [3.8, 4) is 0 Å². The van der Waals surface area contributed by atoms with Crippen LogP contribution in [-0.4, -0.2) is 36.0 Å². The highest BCUT2D eigenvalue weighted by Crippen LogP contribution is 2.32. The molecule has 114 valence electrons. The van der Waals surface area contributed by atoms with Crippen molar-refractivity contribution in [3.05, 3.63) is 31.8 Å². The minimum Gasteiger partial charge on any atom is -0.349 e. The Bertz CT molecular complexity index is 537. The first-order valence-electron chi connectivity index (χ1n) is 7.52. The van der Waals surface area contributed by atoms with Crippen molar-refractivity contribution < 1.29 is 4.79 Å². The van der Waals surface area contributed by atoms with Gasteiger partial charge in [0.2, 0.25) is 0 Å². The van der Waals surface area contributed by atoms with E-state index in [1.54, 1.807) is 0 Å². The number of carbonyl (C=O) groups is 1. The Morgan fingerprint density at radius 1 is 1.33 bits per heavy atom. The second-order valence-electron chi connectivity index (χ2n) is 6.17. The molecule has 5 heteroatoms. The van der Waals surface area contributed by atoms with Crippen LogP contribution in [0.2, 0.25) is 0 Å². The van der Waals surface area contributed by atoms with Gasteiger partial charge in [0, 0.05) is 26.2 Å². The Morgan fingerprint density at radius 2 is 2.00 bits per heavy atom. The number of hydrogen-bond acceptors (Lipinski definition) is 2. The molecule has 2 bridgehead atoms. The summed E-state index contributed by atoms with van der Waals surface area (Å²) in [5, 5.41) is 3.26. The third-order valence-corrected chi connectivity index (χ3v) is 6.28. The fourth-order valence-electron chi connectivity index (χ4n) is 3.67. The predicted octanol–water partition coefficient (Wildman–Crippen LogP) is 3.80. The molecule has 0 aromatic heterocycles. The Kier molecular flexibility index (Phi) is 4.90. The number of fused-ring (bicyclic) bond motifs is 2. The molecule has 2 aliphatic rings. The standard InChI is InChI=1S/C16H20BrIN2O/c1-20-12-3-2-4-13(20)9-11(8-12)19-16(21)14-7-10(17)5-6-15(14)18/h5-7,11-13H,2-4,8-9H2,1H3,(H,19,21). The topological polar surface area (TPSA) is 32.3 Å². The molecular formula is C16H20BrIN2O. The minimum atomic E-state index is 0.0633. The van der Waals surface area contributed by atoms with Crippen LogP contribution in [0.15, 0.2) is 22.7 Å². The summed E-state index contributed by atoms with van der Waals surface area (Å²) >= 11 is 5.67. The number of piperidine rings is 2. The quantitative estimate of drug-likeness (QED) is 0.678. The van der Waals surface area contributed by atoms with E-state index in [4.69, 9.17) is 0 Å². The monoisotopic (exact) mass is 462 g/mol. The van der Waals surface area contributed by atoms with Gasteiger partial charge in [-0.15, -0.1) is 0 Å². The number of nitrogens with zero attached hydrogens (tertiary/aromatic N) is 1. The zero-order valence-corrected chi connectivity index (χ0v) is 15.9. The number of halogens is 2. The van der Waals surface area contributed by atoms with E-state index in [9.17, 15) is 4.79 Å². The number of hydrogen-bond donors (Lipinski definition) is 1. The lowest BCUT2D eigenvalue weighted by atomic mass is 9.82. The van der Waals surface area contributed by atoms with Gasteiger partial charge in [-0.25, -0.2) is 0 Å². The van der Waals surface area contributed by atoms with E-state index in [0.29, 0.717) is 18.1 Å². The largest absolute Gasteiger partial charge is 0.349 e. The van der Waals surface area contributed by atoms with Crippen LogP contribution in [0.25, 0.3) is 0 Å². The smallest absolute Gasteiger partial charge is 0.252 e. The molecule has 3 nitrogen and oxygen atoms in total. The highest BCUT2D eigenvalue weighted by atomic mass is 127. The molecule has 0 spiro atoms.